The highest BCUT2D eigenvalue weighted by molar-refractivity contribution is 6.30. The molecule has 3 saturated heterocycles. The van der Waals surface area contributed by atoms with Crippen molar-refractivity contribution in [1.29, 1.82) is 0 Å². The molecular weight excluding hydrogens is 1210 g/mol. The van der Waals surface area contributed by atoms with Gasteiger partial charge in [0, 0.05) is 76.3 Å². The van der Waals surface area contributed by atoms with E-state index in [9.17, 15) is 67.1 Å². The minimum absolute atomic E-state index is 0.0104. The molecule has 0 spiro atoms. The maximum absolute atomic E-state index is 15.0. The number of primary amides is 1. The zero-order valence-electron chi connectivity index (χ0n) is 51.2. The molecule has 1 aromatic carbocycles. The minimum atomic E-state index is -2.07. The van der Waals surface area contributed by atoms with E-state index in [2.05, 4.69) is 73.8 Å². The summed E-state index contributed by atoms with van der Waals surface area (Å²) in [6.07, 6.45) is -0.0164. The predicted octanol–water partition coefficient (Wildman–Crippen LogP) is -5.17. The summed E-state index contributed by atoms with van der Waals surface area (Å²) in [5, 5.41) is 30.9. The van der Waals surface area contributed by atoms with E-state index in [4.69, 9.17) is 28.8 Å². The quantitative estimate of drug-likeness (QED) is 0.0271. The third-order valence-electron chi connectivity index (χ3n) is 14.9. The highest BCUT2D eigenvalue weighted by Crippen LogP contribution is 2.21. The molecule has 91 heavy (non-hydrogen) atoms. The number of fused-ring (bicyclic) bond motifs is 10. The SMILES string of the molecule is CC[C@H](NC(C)=O)C(=O)N[C@@H](Cc1ccc(Cl)cc1)C(=O)N[C@@H](Cc1cccnc1)C(=O)N[C@H]1CC(=O)NCC(C(N)=O)NC(=O)[C@@H]2CCCN2C(=O)C2CCNC(=O)CCNC(=O)C[C@H](NC1=O)C(=O)N[C@@H](CCCN=C(N)N)C(=O)N[C@H](CC(C)C)C(=O)N2. The average molecular weight is 1290 g/mol. The van der Waals surface area contributed by atoms with Crippen LogP contribution in [0.15, 0.2) is 53.8 Å². The molecule has 1 aromatic heterocycles. The van der Waals surface area contributed by atoms with Crippen molar-refractivity contribution in [2.45, 2.75) is 165 Å². The first-order valence-corrected chi connectivity index (χ1v) is 30.4. The molecule has 2 unspecified atom stereocenters. The number of hydrogen-bond acceptors (Lipinski definition) is 16. The van der Waals surface area contributed by atoms with Gasteiger partial charge in [-0.15, -0.1) is 0 Å². The van der Waals surface area contributed by atoms with Crippen molar-refractivity contribution >= 4 is 100 Å². The molecule has 5 rings (SSSR count). The largest absolute Gasteiger partial charge is 0.370 e. The second-order valence-corrected chi connectivity index (χ2v) is 23.1. The van der Waals surface area contributed by atoms with Gasteiger partial charge >= 0.3 is 0 Å². The third kappa shape index (κ3) is 23.8. The van der Waals surface area contributed by atoms with Gasteiger partial charge in [-0.25, -0.2) is 0 Å². The molecular formula is C58H83ClN18O14. The lowest BCUT2D eigenvalue weighted by Gasteiger charge is -2.31. The molecule has 32 nitrogen and oxygen atoms in total. The summed E-state index contributed by atoms with van der Waals surface area (Å²) >= 11 is 6.16. The molecule has 496 valence electrons. The summed E-state index contributed by atoms with van der Waals surface area (Å²) < 4.78 is 0. The van der Waals surface area contributed by atoms with E-state index >= 15 is 0 Å². The smallest absolute Gasteiger partial charge is 0.245 e. The summed E-state index contributed by atoms with van der Waals surface area (Å²) in [6, 6.07) is -6.20. The Labute approximate surface area is 530 Å². The van der Waals surface area contributed by atoms with Gasteiger partial charge in [-0.2, -0.15) is 0 Å². The number of nitrogens with two attached hydrogens (primary N) is 3. The number of guanidine groups is 1. The monoisotopic (exact) mass is 1290 g/mol. The molecule has 0 radical (unpaired) electrons. The fourth-order valence-electron chi connectivity index (χ4n) is 10.2. The number of amides is 14. The number of hydrogen-bond donors (Lipinski definition) is 15. The molecule has 18 N–H and O–H groups in total. The molecule has 3 fully saturated rings. The Kier molecular flexibility index (Phi) is 28.3. The van der Waals surface area contributed by atoms with Gasteiger partial charge < -0.3 is 85.9 Å². The summed E-state index contributed by atoms with van der Waals surface area (Å²) in [5.74, 6) is -13.7. The van der Waals surface area contributed by atoms with Crippen LogP contribution in [0.2, 0.25) is 5.02 Å². The number of rotatable bonds is 19. The first-order valence-electron chi connectivity index (χ1n) is 30.0. The van der Waals surface area contributed by atoms with Crippen LogP contribution in [0.4, 0.5) is 0 Å². The lowest BCUT2D eigenvalue weighted by Crippen LogP contribution is -2.61. The summed E-state index contributed by atoms with van der Waals surface area (Å²) in [4.78, 5) is 206. The average Bonchev–Trinajstić information content (AvgIpc) is 1.86. The van der Waals surface area contributed by atoms with Crippen molar-refractivity contribution in [1.82, 2.24) is 73.7 Å². The fourth-order valence-corrected chi connectivity index (χ4v) is 10.3. The maximum Gasteiger partial charge on any atom is 0.245 e. The molecule has 2 aromatic rings. The van der Waals surface area contributed by atoms with E-state index in [0.717, 1.165) is 0 Å². The van der Waals surface area contributed by atoms with Gasteiger partial charge in [0.25, 0.3) is 0 Å². The van der Waals surface area contributed by atoms with Gasteiger partial charge in [-0.1, -0.05) is 50.6 Å². The van der Waals surface area contributed by atoms with Crippen LogP contribution < -0.4 is 81.0 Å². The Hall–Kier alpha value is -9.49. The predicted molar refractivity (Wildman–Crippen MR) is 327 cm³/mol. The second kappa shape index (κ2) is 35.6. The Morgan fingerprint density at radius 3 is 1.98 bits per heavy atom. The van der Waals surface area contributed by atoms with Crippen molar-refractivity contribution in [3.63, 3.8) is 0 Å². The number of nitrogens with one attached hydrogen (secondary N) is 12. The van der Waals surface area contributed by atoms with E-state index in [0.29, 0.717) is 16.1 Å². The number of pyridine rings is 1. The molecule has 0 saturated carbocycles. The highest BCUT2D eigenvalue weighted by Gasteiger charge is 2.41. The molecule has 4 heterocycles. The van der Waals surface area contributed by atoms with E-state index in [1.165, 1.54) is 30.3 Å². The van der Waals surface area contributed by atoms with Gasteiger partial charge in [0.1, 0.15) is 60.4 Å². The second-order valence-electron chi connectivity index (χ2n) is 22.7. The Bertz CT molecular complexity index is 3010. The van der Waals surface area contributed by atoms with Gasteiger partial charge in [0.05, 0.1) is 12.8 Å². The van der Waals surface area contributed by atoms with Crippen LogP contribution in [-0.4, -0.2) is 192 Å². The van der Waals surface area contributed by atoms with E-state index in [-0.39, 0.29) is 102 Å². The number of nitrogens with zero attached hydrogens (tertiary/aromatic N) is 3. The highest BCUT2D eigenvalue weighted by atomic mass is 35.5. The number of aromatic nitrogens is 1. The van der Waals surface area contributed by atoms with Crippen LogP contribution in [0.3, 0.4) is 0 Å². The normalized spacial score (nSPS) is 22.9. The van der Waals surface area contributed by atoms with E-state index in [1.54, 1.807) is 51.1 Å². The van der Waals surface area contributed by atoms with Gasteiger partial charge in [-0.05, 0) is 80.2 Å². The number of benzene rings is 1. The van der Waals surface area contributed by atoms with Gasteiger partial charge in [-0.3, -0.25) is 77.1 Å². The first kappa shape index (κ1) is 72.3. The van der Waals surface area contributed by atoms with E-state index < -0.39 is 163 Å². The molecule has 10 atom stereocenters. The molecule has 33 heteroatoms. The Morgan fingerprint density at radius 2 is 1.33 bits per heavy atom. The van der Waals surface area contributed by atoms with Crippen LogP contribution in [-0.2, 0) is 80.0 Å². The molecule has 2 bridgehead atoms. The maximum atomic E-state index is 15.0. The lowest BCUT2D eigenvalue weighted by molar-refractivity contribution is -0.142. The zero-order valence-corrected chi connectivity index (χ0v) is 51.9. The minimum Gasteiger partial charge on any atom is -0.370 e. The topological polar surface area (TPSA) is 490 Å². The van der Waals surface area contributed by atoms with Gasteiger partial charge in [0.2, 0.25) is 82.7 Å². The van der Waals surface area contributed by atoms with Crippen LogP contribution in [0, 0.1) is 5.92 Å². The van der Waals surface area contributed by atoms with Crippen molar-refractivity contribution in [2.24, 2.45) is 28.1 Å². The van der Waals surface area contributed by atoms with Crippen molar-refractivity contribution in [2.75, 3.05) is 32.7 Å². The summed E-state index contributed by atoms with van der Waals surface area (Å²) in [5.41, 5.74) is 17.7. The Balaban J connectivity index is 1.64. The molecule has 3 aliphatic rings. The summed E-state index contributed by atoms with van der Waals surface area (Å²) in [6.45, 7) is 4.98. The van der Waals surface area contributed by atoms with Crippen LogP contribution >= 0.6 is 11.6 Å². The number of aliphatic imine (C=N–C) groups is 1. The van der Waals surface area contributed by atoms with Gasteiger partial charge in [0.15, 0.2) is 5.96 Å². The molecule has 14 amide bonds. The standard InChI is InChI=1S/C58H83ClN18O14/c1-5-35(68-31(4)78)49(83)72-39(24-32-12-14-34(59)15-13-32)52(86)73-40(25-33-9-6-18-63-28-33)53(87)74-42-27-47(81)67-29-43(48(60)82)76-56(90)44-11-8-22-77(44)57(91)37-16-20-64-45(79)17-21-65-46(80)26-41(75-55(42)89)54(88)69-36(10-7-19-66-58(61)62)50(84)71-38(23-30(2)3)51(85)70-37/h6,9,12-15,18,28,30,35-44H,5,7-8,10-11,16-17,19-27,29H2,1-4H3,(H2,60,82)(H,64,79)(H,65,80)(H,67,81)(H,68,78)(H,69,88)(H,70,85)(H,71,84)(H,72,83)(H,73,86)(H,74,87)(H,75,89)(H,76,90)(H4,61,62,66)/t35-,36-,37?,38+,39-,40-,41-,42-,43?,44-/m0/s1. The zero-order chi connectivity index (χ0) is 66.9. The van der Waals surface area contributed by atoms with E-state index in [1.807, 2.05) is 0 Å². The Morgan fingerprint density at radius 1 is 0.692 bits per heavy atom. The fraction of sp³-hybridized carbons (Fsp3) is 0.552. The molecule has 0 aliphatic carbocycles. The van der Waals surface area contributed by atoms with Crippen molar-refractivity contribution < 1.29 is 67.1 Å². The summed E-state index contributed by atoms with van der Waals surface area (Å²) in [7, 11) is 0. The van der Waals surface area contributed by atoms with Crippen LogP contribution in [0.25, 0.3) is 0 Å². The van der Waals surface area contributed by atoms with Crippen molar-refractivity contribution in [3.8, 4) is 0 Å². The third-order valence-corrected chi connectivity index (χ3v) is 15.1. The first-order chi connectivity index (χ1) is 43.2. The van der Waals surface area contributed by atoms with Crippen LogP contribution in [0.1, 0.15) is 103 Å². The number of carbonyl (C=O) groups excluding carboxylic acids is 14. The number of carbonyl (C=O) groups is 14. The van der Waals surface area contributed by atoms with Crippen LogP contribution in [0.5, 0.6) is 0 Å². The number of halogens is 1. The lowest BCUT2D eigenvalue weighted by atomic mass is 10.0. The van der Waals surface area contributed by atoms with Crippen molar-refractivity contribution in [3.05, 3.63) is 64.9 Å². The molecule has 3 aliphatic heterocycles.